The van der Waals surface area contributed by atoms with Crippen LogP contribution in [0, 0.1) is 5.92 Å². The number of anilines is 2. The molecule has 1 aliphatic heterocycles. The summed E-state index contributed by atoms with van der Waals surface area (Å²) in [5.74, 6) is 0.134. The molecule has 160 valence electrons. The van der Waals surface area contributed by atoms with Crippen LogP contribution in [-0.4, -0.2) is 49.6 Å². The summed E-state index contributed by atoms with van der Waals surface area (Å²) >= 11 is 12.3. The molecule has 0 radical (unpaired) electrons. The largest absolute Gasteiger partial charge is 0.368 e. The lowest BCUT2D eigenvalue weighted by atomic mass is 10.1. The minimum atomic E-state index is -0.219. The molecule has 2 aromatic carbocycles. The van der Waals surface area contributed by atoms with E-state index in [-0.39, 0.29) is 11.9 Å². The van der Waals surface area contributed by atoms with Gasteiger partial charge in [-0.3, -0.25) is 4.79 Å². The van der Waals surface area contributed by atoms with Crippen molar-refractivity contribution in [1.82, 2.24) is 10.2 Å². The predicted molar refractivity (Wildman–Crippen MR) is 123 cm³/mol. The number of hydrogen-bond donors (Lipinski definition) is 2. The molecular weight excluding hydrogens is 423 g/mol. The summed E-state index contributed by atoms with van der Waals surface area (Å²) in [6, 6.07) is 12.5. The van der Waals surface area contributed by atoms with Gasteiger partial charge in [0, 0.05) is 49.1 Å². The lowest BCUT2D eigenvalue weighted by molar-refractivity contribution is 0.0949. The van der Waals surface area contributed by atoms with Gasteiger partial charge in [-0.2, -0.15) is 0 Å². The summed E-state index contributed by atoms with van der Waals surface area (Å²) in [5.41, 5.74) is 2.01. The van der Waals surface area contributed by atoms with Crippen molar-refractivity contribution >= 4 is 46.5 Å². The average Bonchev–Trinajstić information content (AvgIpc) is 2.72. The number of piperazine rings is 1. The third-order valence-electron chi connectivity index (χ3n) is 4.88. The standard InChI is InChI=1S/C22H26Cl2N4O2/c1-15(2)14-25-21(29)19-7-6-17(13-20(19)24)26-22(30)28-10-8-27(9-11-28)18-5-3-4-16(23)12-18/h3-7,12-13,15H,8-11,14H2,1-2H3,(H,25,29)(H,26,30). The zero-order valence-corrected chi connectivity index (χ0v) is 18.6. The Kier molecular flexibility index (Phi) is 7.45. The van der Waals surface area contributed by atoms with Crippen molar-refractivity contribution in [1.29, 1.82) is 0 Å². The predicted octanol–water partition coefficient (Wildman–Crippen LogP) is 4.73. The van der Waals surface area contributed by atoms with Gasteiger partial charge in [0.2, 0.25) is 0 Å². The molecule has 2 aromatic rings. The summed E-state index contributed by atoms with van der Waals surface area (Å²) < 4.78 is 0. The number of carbonyl (C=O) groups is 2. The maximum absolute atomic E-state index is 12.6. The number of carbonyl (C=O) groups excluding carboxylic acids is 2. The van der Waals surface area contributed by atoms with Crippen molar-refractivity contribution in [2.24, 2.45) is 5.92 Å². The first-order valence-electron chi connectivity index (χ1n) is 9.97. The number of hydrogen-bond acceptors (Lipinski definition) is 3. The molecule has 0 spiro atoms. The fourth-order valence-corrected chi connectivity index (χ4v) is 3.66. The lowest BCUT2D eigenvalue weighted by Gasteiger charge is -2.36. The van der Waals surface area contributed by atoms with E-state index in [1.54, 1.807) is 23.1 Å². The third kappa shape index (κ3) is 5.80. The molecular formula is C22H26Cl2N4O2. The van der Waals surface area contributed by atoms with Gasteiger partial charge in [-0.05, 0) is 42.3 Å². The highest BCUT2D eigenvalue weighted by atomic mass is 35.5. The molecule has 0 saturated carbocycles. The minimum absolute atomic E-state index is 0.186. The molecule has 6 nitrogen and oxygen atoms in total. The second kappa shape index (κ2) is 10.0. The second-order valence-electron chi connectivity index (χ2n) is 7.68. The van der Waals surface area contributed by atoms with Gasteiger partial charge in [-0.15, -0.1) is 0 Å². The van der Waals surface area contributed by atoms with Gasteiger partial charge in [0.25, 0.3) is 5.91 Å². The van der Waals surface area contributed by atoms with E-state index in [1.165, 1.54) is 0 Å². The average molecular weight is 449 g/mol. The van der Waals surface area contributed by atoms with Crippen LogP contribution in [0.5, 0.6) is 0 Å². The Hall–Kier alpha value is -2.44. The molecule has 3 rings (SSSR count). The van der Waals surface area contributed by atoms with Gasteiger partial charge >= 0.3 is 6.03 Å². The third-order valence-corrected chi connectivity index (χ3v) is 5.42. The number of urea groups is 1. The SMILES string of the molecule is CC(C)CNC(=O)c1ccc(NC(=O)N2CCN(c3cccc(Cl)c3)CC2)cc1Cl. The summed E-state index contributed by atoms with van der Waals surface area (Å²) in [5, 5.41) is 6.71. The topological polar surface area (TPSA) is 64.7 Å². The van der Waals surface area contributed by atoms with Crippen molar-refractivity contribution in [3.63, 3.8) is 0 Å². The van der Waals surface area contributed by atoms with Gasteiger partial charge in [-0.1, -0.05) is 43.1 Å². The Labute approximate surface area is 187 Å². The van der Waals surface area contributed by atoms with Crippen LogP contribution >= 0.6 is 23.2 Å². The number of rotatable bonds is 5. The summed E-state index contributed by atoms with van der Waals surface area (Å²) in [6.45, 7) is 7.27. The van der Waals surface area contributed by atoms with Crippen LogP contribution in [0.2, 0.25) is 10.0 Å². The van der Waals surface area contributed by atoms with Crippen LogP contribution in [0.25, 0.3) is 0 Å². The van der Waals surface area contributed by atoms with Crippen molar-refractivity contribution < 1.29 is 9.59 Å². The maximum atomic E-state index is 12.6. The van der Waals surface area contributed by atoms with E-state index < -0.39 is 0 Å². The lowest BCUT2D eigenvalue weighted by Crippen LogP contribution is -2.50. The first-order chi connectivity index (χ1) is 14.3. The molecule has 8 heteroatoms. The second-order valence-corrected chi connectivity index (χ2v) is 8.53. The molecule has 3 amide bonds. The van der Waals surface area contributed by atoms with Gasteiger partial charge in [0.1, 0.15) is 0 Å². The van der Waals surface area contributed by atoms with Crippen molar-refractivity contribution in [3.05, 3.63) is 58.1 Å². The van der Waals surface area contributed by atoms with Crippen LogP contribution in [-0.2, 0) is 0 Å². The molecule has 30 heavy (non-hydrogen) atoms. The molecule has 1 heterocycles. The monoisotopic (exact) mass is 448 g/mol. The highest BCUT2D eigenvalue weighted by Gasteiger charge is 2.22. The summed E-state index contributed by atoms with van der Waals surface area (Å²) in [6.07, 6.45) is 0. The van der Waals surface area contributed by atoms with Gasteiger partial charge in [-0.25, -0.2) is 4.79 Å². The number of benzene rings is 2. The zero-order valence-electron chi connectivity index (χ0n) is 17.1. The summed E-state index contributed by atoms with van der Waals surface area (Å²) in [7, 11) is 0. The molecule has 1 fully saturated rings. The van der Waals surface area contributed by atoms with E-state index in [2.05, 4.69) is 15.5 Å². The molecule has 0 bridgehead atoms. The number of amides is 3. The first kappa shape index (κ1) is 22.2. The summed E-state index contributed by atoms with van der Waals surface area (Å²) in [4.78, 5) is 28.8. The maximum Gasteiger partial charge on any atom is 0.321 e. The van der Waals surface area contributed by atoms with Crippen molar-refractivity contribution in [2.45, 2.75) is 13.8 Å². The zero-order chi connectivity index (χ0) is 21.7. The minimum Gasteiger partial charge on any atom is -0.368 e. The quantitative estimate of drug-likeness (QED) is 0.694. The molecule has 0 atom stereocenters. The van der Waals surface area contributed by atoms with Gasteiger partial charge in [0.15, 0.2) is 0 Å². The number of halogens is 2. The Bertz CT molecular complexity index is 912. The van der Waals surface area contributed by atoms with E-state index in [0.717, 1.165) is 18.8 Å². The normalized spacial score (nSPS) is 14.0. The van der Waals surface area contributed by atoms with Gasteiger partial charge in [0.05, 0.1) is 10.6 Å². The molecule has 0 aliphatic carbocycles. The number of nitrogens with zero attached hydrogens (tertiary/aromatic N) is 2. The van der Waals surface area contributed by atoms with Crippen LogP contribution in [0.15, 0.2) is 42.5 Å². The molecule has 2 N–H and O–H groups in total. The van der Waals surface area contributed by atoms with Crippen molar-refractivity contribution in [2.75, 3.05) is 42.9 Å². The fourth-order valence-electron chi connectivity index (χ4n) is 3.21. The van der Waals surface area contributed by atoms with E-state index in [1.807, 2.05) is 38.1 Å². The van der Waals surface area contributed by atoms with Crippen LogP contribution in [0.3, 0.4) is 0 Å². The van der Waals surface area contributed by atoms with Gasteiger partial charge < -0.3 is 20.4 Å². The van der Waals surface area contributed by atoms with E-state index in [9.17, 15) is 9.59 Å². The van der Waals surface area contributed by atoms with Crippen LogP contribution in [0.4, 0.5) is 16.2 Å². The Morgan fingerprint density at radius 1 is 1.03 bits per heavy atom. The Morgan fingerprint density at radius 3 is 2.40 bits per heavy atom. The molecule has 1 saturated heterocycles. The Morgan fingerprint density at radius 2 is 1.77 bits per heavy atom. The van der Waals surface area contributed by atoms with Crippen LogP contribution < -0.4 is 15.5 Å². The number of nitrogens with one attached hydrogen (secondary N) is 2. The first-order valence-corrected chi connectivity index (χ1v) is 10.7. The smallest absolute Gasteiger partial charge is 0.321 e. The van der Waals surface area contributed by atoms with E-state index >= 15 is 0 Å². The fraction of sp³-hybridized carbons (Fsp3) is 0.364. The molecule has 1 aliphatic rings. The van der Waals surface area contributed by atoms with Crippen molar-refractivity contribution in [3.8, 4) is 0 Å². The highest BCUT2D eigenvalue weighted by molar-refractivity contribution is 6.34. The highest BCUT2D eigenvalue weighted by Crippen LogP contribution is 2.23. The molecule has 0 aromatic heterocycles. The molecule has 0 unspecified atom stereocenters. The van der Waals surface area contributed by atoms with E-state index in [4.69, 9.17) is 23.2 Å². The van der Waals surface area contributed by atoms with Crippen LogP contribution in [0.1, 0.15) is 24.2 Å². The van der Waals surface area contributed by atoms with E-state index in [0.29, 0.717) is 46.8 Å². The Balaban J connectivity index is 1.55.